The fourth-order valence-electron chi connectivity index (χ4n) is 1.70. The molecule has 0 saturated heterocycles. The zero-order valence-corrected chi connectivity index (χ0v) is 11.0. The third-order valence-corrected chi connectivity index (χ3v) is 3.06. The van der Waals surface area contributed by atoms with Crippen LogP contribution in [0.5, 0.6) is 0 Å². The number of hydrogen-bond acceptors (Lipinski definition) is 2. The number of nitrogens with one attached hydrogen (secondary N) is 1. The zero-order chi connectivity index (χ0) is 13.7. The molecule has 1 atom stereocenters. The molecule has 1 aromatic carbocycles. The highest BCUT2D eigenvalue weighted by Gasteiger charge is 2.23. The van der Waals surface area contributed by atoms with Crippen molar-refractivity contribution in [1.82, 2.24) is 5.32 Å². The van der Waals surface area contributed by atoms with Gasteiger partial charge in [0.1, 0.15) is 5.92 Å². The fraction of sp³-hybridized carbons (Fsp3) is 0.429. The largest absolute Gasteiger partial charge is 0.481 e. The summed E-state index contributed by atoms with van der Waals surface area (Å²) in [6.07, 6.45) is 0.300. The van der Waals surface area contributed by atoms with Crippen molar-refractivity contribution in [3.05, 3.63) is 34.9 Å². The second kappa shape index (κ2) is 6.19. The maximum atomic E-state index is 11.6. The molecule has 0 bridgehead atoms. The van der Waals surface area contributed by atoms with E-state index in [1.54, 1.807) is 6.92 Å². The number of benzene rings is 1. The molecule has 0 aliphatic carbocycles. The van der Waals surface area contributed by atoms with Gasteiger partial charge >= 0.3 is 5.97 Å². The van der Waals surface area contributed by atoms with Crippen LogP contribution in [-0.2, 0) is 16.1 Å². The number of carboxylic acid groups (broad SMARTS) is 1. The summed E-state index contributed by atoms with van der Waals surface area (Å²) in [6, 6.07) is 5.92. The molecule has 0 heterocycles. The minimum Gasteiger partial charge on any atom is -0.481 e. The van der Waals surface area contributed by atoms with E-state index < -0.39 is 17.8 Å². The van der Waals surface area contributed by atoms with E-state index in [0.29, 0.717) is 13.0 Å². The lowest BCUT2D eigenvalue weighted by Crippen LogP contribution is -2.34. The van der Waals surface area contributed by atoms with Crippen LogP contribution in [0.3, 0.4) is 0 Å². The van der Waals surface area contributed by atoms with Crippen LogP contribution in [-0.4, -0.2) is 17.0 Å². The third kappa shape index (κ3) is 3.58. The standard InChI is InChI=1S/C14H19NO3/c1-4-12(14(17)18)13(16)15-8-11-6-5-9(2)10(3)7-11/h5-7,12H,4,8H2,1-3H3,(H,15,16)(H,17,18). The van der Waals surface area contributed by atoms with Crippen LogP contribution >= 0.6 is 0 Å². The Bertz CT molecular complexity index is 454. The van der Waals surface area contributed by atoms with Crippen LogP contribution in [0.4, 0.5) is 0 Å². The molecule has 4 nitrogen and oxygen atoms in total. The van der Waals surface area contributed by atoms with E-state index in [2.05, 4.69) is 5.32 Å². The molecule has 0 spiro atoms. The molecule has 4 heteroatoms. The Morgan fingerprint density at radius 3 is 2.44 bits per heavy atom. The van der Waals surface area contributed by atoms with Crippen molar-refractivity contribution in [3.8, 4) is 0 Å². The number of carboxylic acids is 1. The van der Waals surface area contributed by atoms with Crippen LogP contribution in [0.1, 0.15) is 30.0 Å². The summed E-state index contributed by atoms with van der Waals surface area (Å²) in [7, 11) is 0. The highest BCUT2D eigenvalue weighted by Crippen LogP contribution is 2.10. The van der Waals surface area contributed by atoms with Crippen LogP contribution in [0, 0.1) is 19.8 Å². The van der Waals surface area contributed by atoms with Gasteiger partial charge in [0.25, 0.3) is 0 Å². The normalized spacial score (nSPS) is 11.9. The first kappa shape index (κ1) is 14.2. The first-order valence-corrected chi connectivity index (χ1v) is 6.02. The first-order valence-electron chi connectivity index (χ1n) is 6.02. The number of rotatable bonds is 5. The zero-order valence-electron chi connectivity index (χ0n) is 11.0. The first-order chi connectivity index (χ1) is 8.45. The van der Waals surface area contributed by atoms with Gasteiger partial charge in [-0.1, -0.05) is 25.1 Å². The van der Waals surface area contributed by atoms with Crippen molar-refractivity contribution < 1.29 is 14.7 Å². The lowest BCUT2D eigenvalue weighted by Gasteiger charge is -2.11. The van der Waals surface area contributed by atoms with Gasteiger partial charge in [0.05, 0.1) is 0 Å². The Morgan fingerprint density at radius 1 is 1.28 bits per heavy atom. The SMILES string of the molecule is CCC(C(=O)O)C(=O)NCc1ccc(C)c(C)c1. The summed E-state index contributed by atoms with van der Waals surface area (Å²) in [6.45, 7) is 6.08. The summed E-state index contributed by atoms with van der Waals surface area (Å²) in [4.78, 5) is 22.5. The molecule has 0 fully saturated rings. The summed E-state index contributed by atoms with van der Waals surface area (Å²) in [5, 5.41) is 11.5. The molecule has 1 aromatic rings. The van der Waals surface area contributed by atoms with E-state index in [0.717, 1.165) is 11.1 Å². The van der Waals surface area contributed by atoms with Crippen LogP contribution in [0.25, 0.3) is 0 Å². The molecule has 1 amide bonds. The Kier molecular flexibility index (Phi) is 4.89. The number of hydrogen-bond donors (Lipinski definition) is 2. The number of aryl methyl sites for hydroxylation is 2. The van der Waals surface area contributed by atoms with E-state index in [9.17, 15) is 9.59 Å². The highest BCUT2D eigenvalue weighted by atomic mass is 16.4. The molecule has 0 radical (unpaired) electrons. The third-order valence-electron chi connectivity index (χ3n) is 3.06. The topological polar surface area (TPSA) is 66.4 Å². The lowest BCUT2D eigenvalue weighted by molar-refractivity contribution is -0.147. The van der Waals surface area contributed by atoms with Gasteiger partial charge < -0.3 is 10.4 Å². The summed E-state index contributed by atoms with van der Waals surface area (Å²) < 4.78 is 0. The average molecular weight is 249 g/mol. The average Bonchev–Trinajstić information content (AvgIpc) is 2.31. The molecular formula is C14H19NO3. The van der Waals surface area contributed by atoms with Gasteiger partial charge in [0, 0.05) is 6.54 Å². The molecule has 1 rings (SSSR count). The minimum atomic E-state index is -1.07. The van der Waals surface area contributed by atoms with Crippen molar-refractivity contribution in [2.24, 2.45) is 5.92 Å². The molecule has 2 N–H and O–H groups in total. The Morgan fingerprint density at radius 2 is 1.94 bits per heavy atom. The van der Waals surface area contributed by atoms with E-state index in [1.165, 1.54) is 5.56 Å². The van der Waals surface area contributed by atoms with Crippen LogP contribution in [0.2, 0.25) is 0 Å². The summed E-state index contributed by atoms with van der Waals surface area (Å²) in [5.74, 6) is -2.46. The van der Waals surface area contributed by atoms with Gasteiger partial charge in [-0.15, -0.1) is 0 Å². The molecule has 0 saturated carbocycles. The predicted molar refractivity (Wildman–Crippen MR) is 69.2 cm³/mol. The van der Waals surface area contributed by atoms with Gasteiger partial charge in [-0.25, -0.2) is 0 Å². The second-order valence-corrected chi connectivity index (χ2v) is 4.44. The molecule has 98 valence electrons. The molecule has 0 aliphatic rings. The van der Waals surface area contributed by atoms with Crippen molar-refractivity contribution in [2.45, 2.75) is 33.7 Å². The van der Waals surface area contributed by atoms with Crippen LogP contribution in [0.15, 0.2) is 18.2 Å². The Hall–Kier alpha value is -1.84. The van der Waals surface area contributed by atoms with Crippen LogP contribution < -0.4 is 5.32 Å². The van der Waals surface area contributed by atoms with E-state index in [1.807, 2.05) is 32.0 Å². The van der Waals surface area contributed by atoms with E-state index in [-0.39, 0.29) is 0 Å². The van der Waals surface area contributed by atoms with E-state index in [4.69, 9.17) is 5.11 Å². The number of aliphatic carboxylic acids is 1. The molecule has 18 heavy (non-hydrogen) atoms. The monoisotopic (exact) mass is 249 g/mol. The molecular weight excluding hydrogens is 230 g/mol. The molecule has 1 unspecified atom stereocenters. The Balaban J connectivity index is 2.62. The number of amides is 1. The molecule has 0 aliphatic heterocycles. The summed E-state index contributed by atoms with van der Waals surface area (Å²) >= 11 is 0. The predicted octanol–water partition coefficient (Wildman–Crippen LogP) is 2.03. The van der Waals surface area contributed by atoms with Crippen molar-refractivity contribution in [1.29, 1.82) is 0 Å². The lowest BCUT2D eigenvalue weighted by atomic mass is 10.0. The summed E-state index contributed by atoms with van der Waals surface area (Å²) in [5.41, 5.74) is 3.33. The highest BCUT2D eigenvalue weighted by molar-refractivity contribution is 5.96. The number of carbonyl (C=O) groups is 2. The van der Waals surface area contributed by atoms with Gasteiger partial charge in [-0.05, 0) is 37.0 Å². The van der Waals surface area contributed by atoms with Gasteiger partial charge in [-0.2, -0.15) is 0 Å². The Labute approximate surface area is 107 Å². The van der Waals surface area contributed by atoms with Crippen molar-refractivity contribution >= 4 is 11.9 Å². The quantitative estimate of drug-likeness (QED) is 0.785. The van der Waals surface area contributed by atoms with Gasteiger partial charge in [0.15, 0.2) is 0 Å². The number of carbonyl (C=O) groups excluding carboxylic acids is 1. The smallest absolute Gasteiger partial charge is 0.316 e. The maximum absolute atomic E-state index is 11.6. The van der Waals surface area contributed by atoms with Crippen molar-refractivity contribution in [2.75, 3.05) is 0 Å². The fourth-order valence-corrected chi connectivity index (χ4v) is 1.70. The van der Waals surface area contributed by atoms with E-state index >= 15 is 0 Å². The molecule has 0 aromatic heterocycles. The van der Waals surface area contributed by atoms with Gasteiger partial charge in [0.2, 0.25) is 5.91 Å². The van der Waals surface area contributed by atoms with Crippen molar-refractivity contribution in [3.63, 3.8) is 0 Å². The second-order valence-electron chi connectivity index (χ2n) is 4.44. The van der Waals surface area contributed by atoms with Gasteiger partial charge in [-0.3, -0.25) is 9.59 Å². The maximum Gasteiger partial charge on any atom is 0.316 e. The minimum absolute atomic E-state index is 0.300.